The summed E-state index contributed by atoms with van der Waals surface area (Å²) in [5.41, 5.74) is 2.06. The van der Waals surface area contributed by atoms with Gasteiger partial charge >= 0.3 is 0 Å². The first kappa shape index (κ1) is 20.4. The number of carbonyl (C=O) groups is 2. The van der Waals surface area contributed by atoms with Crippen LogP contribution in [0, 0.1) is 0 Å². The largest absolute Gasteiger partial charge is 0.486 e. The molecule has 1 saturated heterocycles. The van der Waals surface area contributed by atoms with Gasteiger partial charge in [0, 0.05) is 23.4 Å². The zero-order valence-electron chi connectivity index (χ0n) is 16.1. The Morgan fingerprint density at radius 1 is 1.20 bits per heavy atom. The second-order valence-corrected chi connectivity index (χ2v) is 8.25. The lowest BCUT2D eigenvalue weighted by Gasteiger charge is -2.19. The van der Waals surface area contributed by atoms with Gasteiger partial charge in [-0.15, -0.1) is 11.3 Å². The Morgan fingerprint density at radius 3 is 2.77 bits per heavy atom. The second-order valence-electron chi connectivity index (χ2n) is 6.87. The molecule has 0 aliphatic carbocycles. The van der Waals surface area contributed by atoms with Crippen molar-refractivity contribution in [1.29, 1.82) is 0 Å². The van der Waals surface area contributed by atoms with E-state index in [2.05, 4.69) is 10.3 Å². The molecule has 0 spiro atoms. The number of carbonyl (C=O) groups excluding carboxylic acids is 2. The van der Waals surface area contributed by atoms with E-state index in [1.165, 1.54) is 11.3 Å². The number of nitrogens with zero attached hydrogens (tertiary/aromatic N) is 2. The standard InChI is InChI=1S/C22H20ClN3O3S/c23-15-7-9-17(10-8-15)29-13-21-24-16(14-30-21)12-20(27)25-18-4-1-2-5-19(18)26-11-3-6-22(26)28/h1-2,4-5,7-10,14H,3,6,11-13H2,(H,25,27). The molecule has 0 saturated carbocycles. The molecule has 8 heteroatoms. The third kappa shape index (κ3) is 4.98. The average Bonchev–Trinajstić information content (AvgIpc) is 3.36. The van der Waals surface area contributed by atoms with E-state index in [0.29, 0.717) is 41.7 Å². The van der Waals surface area contributed by atoms with Crippen LogP contribution in [-0.2, 0) is 22.6 Å². The zero-order chi connectivity index (χ0) is 20.9. The van der Waals surface area contributed by atoms with Crippen molar-refractivity contribution in [2.45, 2.75) is 25.9 Å². The zero-order valence-corrected chi connectivity index (χ0v) is 17.7. The van der Waals surface area contributed by atoms with E-state index in [4.69, 9.17) is 16.3 Å². The molecular weight excluding hydrogens is 422 g/mol. The second kappa shape index (κ2) is 9.28. The van der Waals surface area contributed by atoms with E-state index in [1.54, 1.807) is 29.2 Å². The first-order valence-electron chi connectivity index (χ1n) is 9.59. The van der Waals surface area contributed by atoms with Crippen LogP contribution in [0.2, 0.25) is 5.02 Å². The average molecular weight is 442 g/mol. The lowest BCUT2D eigenvalue weighted by molar-refractivity contribution is -0.117. The van der Waals surface area contributed by atoms with Crippen molar-refractivity contribution >= 4 is 46.1 Å². The number of hydrogen-bond acceptors (Lipinski definition) is 5. The Kier molecular flexibility index (Phi) is 6.30. The highest BCUT2D eigenvalue weighted by atomic mass is 35.5. The summed E-state index contributed by atoms with van der Waals surface area (Å²) in [5.74, 6) is 0.619. The van der Waals surface area contributed by atoms with Gasteiger partial charge in [-0.1, -0.05) is 23.7 Å². The number of nitrogens with one attached hydrogen (secondary N) is 1. The first-order chi connectivity index (χ1) is 14.6. The summed E-state index contributed by atoms with van der Waals surface area (Å²) in [7, 11) is 0. The summed E-state index contributed by atoms with van der Waals surface area (Å²) in [6.07, 6.45) is 1.53. The molecule has 2 aromatic carbocycles. The summed E-state index contributed by atoms with van der Waals surface area (Å²) < 4.78 is 5.70. The number of anilines is 2. The smallest absolute Gasteiger partial charge is 0.230 e. The molecule has 3 aromatic rings. The van der Waals surface area contributed by atoms with Gasteiger partial charge in [-0.05, 0) is 42.8 Å². The van der Waals surface area contributed by atoms with Crippen LogP contribution in [0.3, 0.4) is 0 Å². The fourth-order valence-electron chi connectivity index (χ4n) is 3.25. The summed E-state index contributed by atoms with van der Waals surface area (Å²) >= 11 is 7.32. The molecule has 2 heterocycles. The topological polar surface area (TPSA) is 71.5 Å². The quantitative estimate of drug-likeness (QED) is 0.577. The lowest BCUT2D eigenvalue weighted by atomic mass is 10.2. The summed E-state index contributed by atoms with van der Waals surface area (Å²) in [6, 6.07) is 14.5. The molecule has 1 aliphatic rings. The molecule has 1 aromatic heterocycles. The van der Waals surface area contributed by atoms with Crippen LogP contribution < -0.4 is 15.0 Å². The SMILES string of the molecule is O=C(Cc1csc(COc2ccc(Cl)cc2)n1)Nc1ccccc1N1CCCC1=O. The van der Waals surface area contributed by atoms with Crippen LogP contribution in [0.25, 0.3) is 0 Å². The Labute approximate surface area is 183 Å². The normalized spacial score (nSPS) is 13.5. The lowest BCUT2D eigenvalue weighted by Crippen LogP contribution is -2.26. The molecule has 154 valence electrons. The molecule has 1 aliphatic heterocycles. The van der Waals surface area contributed by atoms with Crippen LogP contribution in [0.4, 0.5) is 11.4 Å². The highest BCUT2D eigenvalue weighted by Crippen LogP contribution is 2.29. The molecule has 1 N–H and O–H groups in total. The number of aromatic nitrogens is 1. The van der Waals surface area contributed by atoms with Crippen molar-refractivity contribution < 1.29 is 14.3 Å². The highest BCUT2D eigenvalue weighted by molar-refractivity contribution is 7.09. The van der Waals surface area contributed by atoms with Crippen molar-refractivity contribution in [3.63, 3.8) is 0 Å². The molecule has 2 amide bonds. The Hall–Kier alpha value is -2.90. The monoisotopic (exact) mass is 441 g/mol. The number of hydrogen-bond donors (Lipinski definition) is 1. The number of para-hydroxylation sites is 2. The van der Waals surface area contributed by atoms with E-state index < -0.39 is 0 Å². The van der Waals surface area contributed by atoms with E-state index >= 15 is 0 Å². The van der Waals surface area contributed by atoms with Crippen LogP contribution in [-0.4, -0.2) is 23.3 Å². The number of benzene rings is 2. The van der Waals surface area contributed by atoms with Crippen molar-refractivity contribution in [2.24, 2.45) is 0 Å². The fourth-order valence-corrected chi connectivity index (χ4v) is 4.08. The maximum atomic E-state index is 12.6. The number of amides is 2. The number of ether oxygens (including phenoxy) is 1. The van der Waals surface area contributed by atoms with Crippen molar-refractivity contribution in [3.8, 4) is 5.75 Å². The maximum Gasteiger partial charge on any atom is 0.230 e. The van der Waals surface area contributed by atoms with Gasteiger partial charge in [0.1, 0.15) is 17.4 Å². The van der Waals surface area contributed by atoms with E-state index in [9.17, 15) is 9.59 Å². The van der Waals surface area contributed by atoms with Gasteiger partial charge in [0.15, 0.2) is 0 Å². The van der Waals surface area contributed by atoms with E-state index in [-0.39, 0.29) is 18.2 Å². The fraction of sp³-hybridized carbons (Fsp3) is 0.227. The van der Waals surface area contributed by atoms with Crippen molar-refractivity contribution in [3.05, 3.63) is 69.6 Å². The van der Waals surface area contributed by atoms with Gasteiger partial charge in [-0.25, -0.2) is 4.98 Å². The summed E-state index contributed by atoms with van der Waals surface area (Å²) in [4.78, 5) is 30.8. The van der Waals surface area contributed by atoms with Crippen molar-refractivity contribution in [2.75, 3.05) is 16.8 Å². The number of halogens is 1. The van der Waals surface area contributed by atoms with E-state index in [1.807, 2.05) is 29.6 Å². The molecule has 30 heavy (non-hydrogen) atoms. The van der Waals surface area contributed by atoms with Crippen LogP contribution in [0.15, 0.2) is 53.9 Å². The van der Waals surface area contributed by atoms with Crippen LogP contribution >= 0.6 is 22.9 Å². The summed E-state index contributed by atoms with van der Waals surface area (Å²) in [6.45, 7) is 1.00. The van der Waals surface area contributed by atoms with Gasteiger partial charge in [-0.2, -0.15) is 0 Å². The van der Waals surface area contributed by atoms with Gasteiger partial charge in [0.25, 0.3) is 0 Å². The molecule has 0 unspecified atom stereocenters. The van der Waals surface area contributed by atoms with Crippen molar-refractivity contribution in [1.82, 2.24) is 4.98 Å². The molecule has 0 radical (unpaired) electrons. The van der Waals surface area contributed by atoms with Crippen LogP contribution in [0.5, 0.6) is 5.75 Å². The highest BCUT2D eigenvalue weighted by Gasteiger charge is 2.24. The Bertz CT molecular complexity index is 1050. The van der Waals surface area contributed by atoms with Gasteiger partial charge < -0.3 is 15.0 Å². The first-order valence-corrected chi connectivity index (χ1v) is 10.8. The molecule has 0 bridgehead atoms. The minimum absolute atomic E-state index is 0.0847. The number of thiazole rings is 1. The van der Waals surface area contributed by atoms with Gasteiger partial charge in [0.2, 0.25) is 11.8 Å². The molecule has 0 atom stereocenters. The van der Waals surface area contributed by atoms with Gasteiger partial charge in [-0.3, -0.25) is 9.59 Å². The molecule has 6 nitrogen and oxygen atoms in total. The third-order valence-electron chi connectivity index (χ3n) is 4.66. The minimum Gasteiger partial charge on any atom is -0.486 e. The number of rotatable bonds is 7. The Morgan fingerprint density at radius 2 is 2.00 bits per heavy atom. The third-order valence-corrected chi connectivity index (χ3v) is 5.78. The Balaban J connectivity index is 1.35. The summed E-state index contributed by atoms with van der Waals surface area (Å²) in [5, 5.41) is 6.22. The van der Waals surface area contributed by atoms with Crippen LogP contribution in [0.1, 0.15) is 23.5 Å². The predicted octanol–water partition coefficient (Wildman–Crippen LogP) is 4.68. The minimum atomic E-state index is -0.176. The molecule has 1 fully saturated rings. The predicted molar refractivity (Wildman–Crippen MR) is 118 cm³/mol. The maximum absolute atomic E-state index is 12.6. The molecular formula is C22H20ClN3O3S. The molecule has 4 rings (SSSR count). The van der Waals surface area contributed by atoms with E-state index in [0.717, 1.165) is 17.1 Å². The van der Waals surface area contributed by atoms with Gasteiger partial charge in [0.05, 0.1) is 23.5 Å².